The van der Waals surface area contributed by atoms with Gasteiger partial charge in [-0.2, -0.15) is 5.10 Å². The van der Waals surface area contributed by atoms with Gasteiger partial charge in [0.05, 0.1) is 16.3 Å². The molecule has 0 radical (unpaired) electrons. The summed E-state index contributed by atoms with van der Waals surface area (Å²) in [4.78, 5) is 0.219. The molecule has 0 unspecified atom stereocenters. The highest BCUT2D eigenvalue weighted by Gasteiger charge is 2.19. The third-order valence-corrected chi connectivity index (χ3v) is 6.03. The van der Waals surface area contributed by atoms with Gasteiger partial charge in [-0.25, -0.2) is 13.1 Å². The number of aryl methyl sites for hydroxylation is 1. The van der Waals surface area contributed by atoms with Gasteiger partial charge in [0, 0.05) is 11.6 Å². The summed E-state index contributed by atoms with van der Waals surface area (Å²) in [5.41, 5.74) is 3.46. The molecule has 5 nitrogen and oxygen atoms in total. The van der Waals surface area contributed by atoms with Gasteiger partial charge in [-0.05, 0) is 36.2 Å². The van der Waals surface area contributed by atoms with E-state index in [4.69, 9.17) is 0 Å². The Labute approximate surface area is 170 Å². The zero-order valence-corrected chi connectivity index (χ0v) is 16.8. The smallest absolute Gasteiger partial charge is 0.263 e. The van der Waals surface area contributed by atoms with Crippen LogP contribution < -0.4 is 4.72 Å². The van der Waals surface area contributed by atoms with Gasteiger partial charge in [0.1, 0.15) is 5.82 Å². The molecule has 6 heteroatoms. The van der Waals surface area contributed by atoms with Crippen molar-refractivity contribution in [2.45, 2.75) is 18.2 Å². The van der Waals surface area contributed by atoms with Crippen LogP contribution in [0.2, 0.25) is 0 Å². The second-order valence-corrected chi connectivity index (χ2v) is 8.31. The molecule has 1 N–H and O–H groups in total. The average Bonchev–Trinajstić information content (AvgIpc) is 3.18. The van der Waals surface area contributed by atoms with Gasteiger partial charge in [-0.3, -0.25) is 4.72 Å². The molecular formula is C23H21N3O2S. The molecule has 0 fully saturated rings. The van der Waals surface area contributed by atoms with Crippen LogP contribution in [0.4, 0.5) is 5.82 Å². The Kier molecular flexibility index (Phi) is 5.18. The highest BCUT2D eigenvalue weighted by molar-refractivity contribution is 7.92. The number of para-hydroxylation sites is 1. The van der Waals surface area contributed by atoms with Crippen LogP contribution in [-0.2, 0) is 16.4 Å². The molecule has 1 aromatic heterocycles. The first-order chi connectivity index (χ1) is 14.1. The van der Waals surface area contributed by atoms with Gasteiger partial charge in [0.25, 0.3) is 10.0 Å². The van der Waals surface area contributed by atoms with E-state index < -0.39 is 10.0 Å². The second kappa shape index (κ2) is 7.93. The number of aromatic nitrogens is 2. The van der Waals surface area contributed by atoms with Crippen LogP contribution in [0.3, 0.4) is 0 Å². The molecule has 29 heavy (non-hydrogen) atoms. The predicted octanol–water partition coefficient (Wildman–Crippen LogP) is 4.90. The molecule has 0 bridgehead atoms. The Balaban J connectivity index is 1.76. The lowest BCUT2D eigenvalue weighted by Crippen LogP contribution is -2.16. The van der Waals surface area contributed by atoms with Gasteiger partial charge >= 0.3 is 0 Å². The van der Waals surface area contributed by atoms with Crippen molar-refractivity contribution in [1.82, 2.24) is 9.78 Å². The van der Waals surface area contributed by atoms with Gasteiger partial charge in [-0.1, -0.05) is 67.6 Å². The molecule has 0 spiro atoms. The monoisotopic (exact) mass is 403 g/mol. The normalized spacial score (nSPS) is 11.3. The van der Waals surface area contributed by atoms with Crippen molar-refractivity contribution in [3.63, 3.8) is 0 Å². The van der Waals surface area contributed by atoms with Crippen LogP contribution in [-0.4, -0.2) is 18.2 Å². The number of sulfonamides is 1. The van der Waals surface area contributed by atoms with Crippen molar-refractivity contribution in [2.24, 2.45) is 0 Å². The number of anilines is 1. The van der Waals surface area contributed by atoms with E-state index in [1.54, 1.807) is 22.9 Å². The van der Waals surface area contributed by atoms with Crippen molar-refractivity contribution in [3.05, 3.63) is 96.6 Å². The van der Waals surface area contributed by atoms with E-state index in [0.29, 0.717) is 11.5 Å². The Morgan fingerprint density at radius 2 is 1.48 bits per heavy atom. The van der Waals surface area contributed by atoms with Crippen LogP contribution in [0, 0.1) is 0 Å². The summed E-state index contributed by atoms with van der Waals surface area (Å²) in [5, 5.41) is 4.65. The number of nitrogens with one attached hydrogen (secondary N) is 1. The quantitative estimate of drug-likeness (QED) is 0.498. The Hall–Kier alpha value is -3.38. The maximum atomic E-state index is 13.0. The van der Waals surface area contributed by atoms with E-state index in [1.807, 2.05) is 79.7 Å². The highest BCUT2D eigenvalue weighted by atomic mass is 32.2. The molecule has 0 aliphatic heterocycles. The largest absolute Gasteiger partial charge is 0.263 e. The molecule has 4 rings (SSSR count). The van der Waals surface area contributed by atoms with Crippen molar-refractivity contribution in [1.29, 1.82) is 0 Å². The van der Waals surface area contributed by atoms with Gasteiger partial charge in [0.15, 0.2) is 0 Å². The summed E-state index contributed by atoms with van der Waals surface area (Å²) in [5.74, 6) is 0.384. The van der Waals surface area contributed by atoms with Crippen LogP contribution in [0.15, 0.2) is 95.9 Å². The van der Waals surface area contributed by atoms with E-state index in [2.05, 4.69) is 9.82 Å². The van der Waals surface area contributed by atoms with Crippen LogP contribution >= 0.6 is 0 Å². The summed E-state index contributed by atoms with van der Waals surface area (Å²) >= 11 is 0. The topological polar surface area (TPSA) is 64.0 Å². The molecule has 0 saturated heterocycles. The number of benzene rings is 3. The highest BCUT2D eigenvalue weighted by Crippen LogP contribution is 2.26. The third-order valence-electron chi connectivity index (χ3n) is 4.66. The second-order valence-electron chi connectivity index (χ2n) is 6.63. The number of rotatable bonds is 6. The standard InChI is InChI=1S/C23H21N3O2S/c1-2-18-13-15-21(16-14-18)29(27,28)25-23-17-22(19-9-5-3-6-10-19)24-26(23)20-11-7-4-8-12-20/h3-17,25H,2H2,1H3. The molecule has 4 aromatic rings. The molecule has 0 aliphatic carbocycles. The van der Waals surface area contributed by atoms with Gasteiger partial charge in [-0.15, -0.1) is 0 Å². The molecule has 0 amide bonds. The average molecular weight is 404 g/mol. The fourth-order valence-corrected chi connectivity index (χ4v) is 4.10. The fourth-order valence-electron chi connectivity index (χ4n) is 3.07. The first-order valence-corrected chi connectivity index (χ1v) is 10.9. The summed E-state index contributed by atoms with van der Waals surface area (Å²) < 4.78 is 30.3. The SMILES string of the molecule is CCc1ccc(S(=O)(=O)Nc2cc(-c3ccccc3)nn2-c2ccccc2)cc1. The van der Waals surface area contributed by atoms with Crippen molar-refractivity contribution >= 4 is 15.8 Å². The van der Waals surface area contributed by atoms with Crippen LogP contribution in [0.25, 0.3) is 16.9 Å². The first kappa shape index (κ1) is 19.0. The minimum Gasteiger partial charge on any atom is -0.263 e. The van der Waals surface area contributed by atoms with Gasteiger partial charge < -0.3 is 0 Å². The molecule has 0 aliphatic rings. The zero-order valence-electron chi connectivity index (χ0n) is 16.0. The lowest BCUT2D eigenvalue weighted by molar-refractivity contribution is 0.600. The zero-order chi connectivity index (χ0) is 20.3. The number of hydrogen-bond donors (Lipinski definition) is 1. The minimum absolute atomic E-state index is 0.219. The maximum Gasteiger partial charge on any atom is 0.263 e. The lowest BCUT2D eigenvalue weighted by Gasteiger charge is -2.11. The third kappa shape index (κ3) is 4.07. The Morgan fingerprint density at radius 3 is 2.10 bits per heavy atom. The van der Waals surface area contributed by atoms with Crippen molar-refractivity contribution < 1.29 is 8.42 Å². The molecular weight excluding hydrogens is 382 g/mol. The number of hydrogen-bond acceptors (Lipinski definition) is 3. The van der Waals surface area contributed by atoms with Crippen LogP contribution in [0.5, 0.6) is 0 Å². The van der Waals surface area contributed by atoms with E-state index in [1.165, 1.54) is 0 Å². The Bertz CT molecular complexity index is 1200. The van der Waals surface area contributed by atoms with Crippen molar-refractivity contribution in [3.8, 4) is 16.9 Å². The van der Waals surface area contributed by atoms with E-state index >= 15 is 0 Å². The van der Waals surface area contributed by atoms with E-state index in [-0.39, 0.29) is 4.90 Å². The summed E-state index contributed by atoms with van der Waals surface area (Å²) in [6.07, 6.45) is 0.856. The molecule has 146 valence electrons. The van der Waals surface area contributed by atoms with Crippen molar-refractivity contribution in [2.75, 3.05) is 4.72 Å². The fraction of sp³-hybridized carbons (Fsp3) is 0.0870. The van der Waals surface area contributed by atoms with E-state index in [9.17, 15) is 8.42 Å². The predicted molar refractivity (Wildman–Crippen MR) is 116 cm³/mol. The summed E-state index contributed by atoms with van der Waals surface area (Å²) in [6.45, 7) is 2.03. The Morgan fingerprint density at radius 1 is 0.862 bits per heavy atom. The molecule has 3 aromatic carbocycles. The number of nitrogens with zero attached hydrogens (tertiary/aromatic N) is 2. The first-order valence-electron chi connectivity index (χ1n) is 9.39. The molecule has 0 saturated carbocycles. The summed E-state index contributed by atoms with van der Waals surface area (Å²) in [6, 6.07) is 27.8. The maximum absolute atomic E-state index is 13.0. The minimum atomic E-state index is -3.75. The molecule has 1 heterocycles. The van der Waals surface area contributed by atoms with E-state index in [0.717, 1.165) is 23.2 Å². The lowest BCUT2D eigenvalue weighted by atomic mass is 10.2. The summed E-state index contributed by atoms with van der Waals surface area (Å²) in [7, 11) is -3.75. The molecule has 0 atom stereocenters. The van der Waals surface area contributed by atoms with Crippen LogP contribution in [0.1, 0.15) is 12.5 Å². The van der Waals surface area contributed by atoms with Gasteiger partial charge in [0.2, 0.25) is 0 Å².